The second kappa shape index (κ2) is 9.19. The maximum atomic E-state index is 12.0. The fourth-order valence-corrected chi connectivity index (χ4v) is 2.00. The van der Waals surface area contributed by atoms with Crippen LogP contribution < -0.4 is 5.32 Å². The summed E-state index contributed by atoms with van der Waals surface area (Å²) in [6.45, 7) is 7.35. The van der Waals surface area contributed by atoms with E-state index >= 15 is 0 Å². The molecule has 0 aliphatic rings. The lowest BCUT2D eigenvalue weighted by Crippen LogP contribution is -2.42. The first-order chi connectivity index (χ1) is 10.1. The van der Waals surface area contributed by atoms with E-state index in [4.69, 9.17) is 0 Å². The molecule has 0 aliphatic heterocycles. The molecule has 0 heterocycles. The Morgan fingerprint density at radius 1 is 1.38 bits per heavy atom. The Labute approximate surface area is 127 Å². The molecule has 0 aliphatic carbocycles. The molecule has 0 spiro atoms. The van der Waals surface area contributed by atoms with Gasteiger partial charge in [0.2, 0.25) is 0 Å². The summed E-state index contributed by atoms with van der Waals surface area (Å²) in [7, 11) is 0. The van der Waals surface area contributed by atoms with E-state index in [1.807, 2.05) is 57.2 Å². The molecule has 2 N–H and O–H groups in total. The van der Waals surface area contributed by atoms with Crippen molar-refractivity contribution in [1.29, 1.82) is 0 Å². The molecular formula is C17H26N2O2. The average Bonchev–Trinajstić information content (AvgIpc) is 2.49. The summed E-state index contributed by atoms with van der Waals surface area (Å²) < 4.78 is 0. The molecule has 1 rings (SSSR count). The molecule has 1 atom stereocenters. The number of urea groups is 1. The van der Waals surface area contributed by atoms with Crippen LogP contribution in [-0.2, 0) is 0 Å². The molecule has 0 aromatic heterocycles. The molecule has 0 radical (unpaired) electrons. The van der Waals surface area contributed by atoms with Gasteiger partial charge in [0.25, 0.3) is 0 Å². The standard InChI is InChI=1S/C17H26N2O2/c1-4-6-7-12-18-17(21)19(5-2)13-16(20)15-10-8-14(3)9-11-15/h4,6,8-11,16,20H,5,7,12-13H2,1-3H3,(H,18,21). The summed E-state index contributed by atoms with van der Waals surface area (Å²) in [4.78, 5) is 13.7. The number of carbonyl (C=O) groups excluding carboxylic acids is 1. The number of amides is 2. The second-order valence-corrected chi connectivity index (χ2v) is 5.05. The van der Waals surface area contributed by atoms with Crippen LogP contribution >= 0.6 is 0 Å². The topological polar surface area (TPSA) is 52.6 Å². The van der Waals surface area contributed by atoms with Crippen molar-refractivity contribution in [2.45, 2.75) is 33.3 Å². The molecule has 2 amide bonds. The van der Waals surface area contributed by atoms with Gasteiger partial charge < -0.3 is 15.3 Å². The Balaban J connectivity index is 2.52. The van der Waals surface area contributed by atoms with Crippen LogP contribution in [0.15, 0.2) is 36.4 Å². The number of rotatable bonds is 7. The van der Waals surface area contributed by atoms with Crippen molar-refractivity contribution in [1.82, 2.24) is 10.2 Å². The molecule has 4 heteroatoms. The highest BCUT2D eigenvalue weighted by Crippen LogP contribution is 2.15. The molecule has 1 unspecified atom stereocenters. The number of benzene rings is 1. The molecular weight excluding hydrogens is 264 g/mol. The predicted octanol–water partition coefficient (Wildman–Crippen LogP) is 3.03. The molecule has 1 aromatic rings. The van der Waals surface area contributed by atoms with Crippen molar-refractivity contribution in [3.63, 3.8) is 0 Å². The Morgan fingerprint density at radius 2 is 2.05 bits per heavy atom. The summed E-state index contributed by atoms with van der Waals surface area (Å²) >= 11 is 0. The molecule has 1 aromatic carbocycles. The van der Waals surface area contributed by atoms with Crippen LogP contribution in [0.4, 0.5) is 4.79 Å². The zero-order chi connectivity index (χ0) is 15.7. The van der Waals surface area contributed by atoms with Gasteiger partial charge in [0.15, 0.2) is 0 Å². The van der Waals surface area contributed by atoms with Crippen LogP contribution in [0.1, 0.15) is 37.5 Å². The maximum absolute atomic E-state index is 12.0. The van der Waals surface area contributed by atoms with Crippen molar-refractivity contribution in [3.05, 3.63) is 47.5 Å². The van der Waals surface area contributed by atoms with Gasteiger partial charge >= 0.3 is 6.03 Å². The van der Waals surface area contributed by atoms with Crippen molar-refractivity contribution in [2.75, 3.05) is 19.6 Å². The number of aliphatic hydroxyl groups is 1. The minimum absolute atomic E-state index is 0.131. The highest BCUT2D eigenvalue weighted by atomic mass is 16.3. The molecule has 4 nitrogen and oxygen atoms in total. The Bertz CT molecular complexity index is 454. The van der Waals surface area contributed by atoms with E-state index in [0.717, 1.165) is 17.5 Å². The van der Waals surface area contributed by atoms with Gasteiger partial charge in [-0.25, -0.2) is 4.79 Å². The van der Waals surface area contributed by atoms with Gasteiger partial charge in [0.1, 0.15) is 0 Å². The van der Waals surface area contributed by atoms with Crippen molar-refractivity contribution >= 4 is 6.03 Å². The minimum Gasteiger partial charge on any atom is -0.387 e. The third-order valence-corrected chi connectivity index (χ3v) is 3.35. The first-order valence-electron chi connectivity index (χ1n) is 7.47. The SMILES string of the molecule is CC=CCCNC(=O)N(CC)CC(O)c1ccc(C)cc1. The summed E-state index contributed by atoms with van der Waals surface area (Å²) in [5.41, 5.74) is 1.99. The zero-order valence-electron chi connectivity index (χ0n) is 13.2. The molecule has 0 saturated heterocycles. The van der Waals surface area contributed by atoms with E-state index in [1.54, 1.807) is 4.90 Å². The predicted molar refractivity (Wildman–Crippen MR) is 86.2 cm³/mol. The fraction of sp³-hybridized carbons (Fsp3) is 0.471. The number of hydrogen-bond donors (Lipinski definition) is 2. The third-order valence-electron chi connectivity index (χ3n) is 3.35. The van der Waals surface area contributed by atoms with E-state index in [9.17, 15) is 9.90 Å². The average molecular weight is 290 g/mol. The number of nitrogens with one attached hydrogen (secondary N) is 1. The van der Waals surface area contributed by atoms with Crippen LogP contribution in [0, 0.1) is 6.92 Å². The molecule has 0 fully saturated rings. The first kappa shape index (κ1) is 17.2. The van der Waals surface area contributed by atoms with E-state index in [-0.39, 0.29) is 6.03 Å². The fourth-order valence-electron chi connectivity index (χ4n) is 2.00. The number of hydrogen-bond acceptors (Lipinski definition) is 2. The largest absolute Gasteiger partial charge is 0.387 e. The Kier molecular flexibility index (Phi) is 7.54. The number of nitrogens with zero attached hydrogens (tertiary/aromatic N) is 1. The van der Waals surface area contributed by atoms with Gasteiger partial charge in [0.05, 0.1) is 12.6 Å². The van der Waals surface area contributed by atoms with Gasteiger partial charge in [-0.1, -0.05) is 42.0 Å². The lowest BCUT2D eigenvalue weighted by atomic mass is 10.1. The van der Waals surface area contributed by atoms with Crippen LogP contribution in [0.5, 0.6) is 0 Å². The van der Waals surface area contributed by atoms with E-state index in [0.29, 0.717) is 19.6 Å². The van der Waals surface area contributed by atoms with Crippen LogP contribution in [0.25, 0.3) is 0 Å². The summed E-state index contributed by atoms with van der Waals surface area (Å²) in [5, 5.41) is 13.1. The smallest absolute Gasteiger partial charge is 0.317 e. The zero-order valence-corrected chi connectivity index (χ0v) is 13.2. The van der Waals surface area contributed by atoms with Gasteiger partial charge in [-0.15, -0.1) is 0 Å². The number of aliphatic hydroxyl groups excluding tert-OH is 1. The quantitative estimate of drug-likeness (QED) is 0.599. The first-order valence-corrected chi connectivity index (χ1v) is 7.47. The maximum Gasteiger partial charge on any atom is 0.317 e. The number of aryl methyl sites for hydroxylation is 1. The van der Waals surface area contributed by atoms with Gasteiger partial charge in [-0.2, -0.15) is 0 Å². The molecule has 0 saturated carbocycles. The van der Waals surface area contributed by atoms with Crippen LogP contribution in [0.2, 0.25) is 0 Å². The lowest BCUT2D eigenvalue weighted by molar-refractivity contribution is 0.123. The van der Waals surface area contributed by atoms with E-state index in [1.165, 1.54) is 0 Å². The van der Waals surface area contributed by atoms with Crippen molar-refractivity contribution < 1.29 is 9.90 Å². The third kappa shape index (κ3) is 6.00. The van der Waals surface area contributed by atoms with Crippen molar-refractivity contribution in [2.24, 2.45) is 0 Å². The van der Waals surface area contributed by atoms with Gasteiger partial charge in [0, 0.05) is 13.1 Å². The highest BCUT2D eigenvalue weighted by Gasteiger charge is 2.16. The Morgan fingerprint density at radius 3 is 2.62 bits per heavy atom. The number of carbonyl (C=O) groups is 1. The van der Waals surface area contributed by atoms with Gasteiger partial charge in [-0.05, 0) is 32.8 Å². The minimum atomic E-state index is -0.660. The summed E-state index contributed by atoms with van der Waals surface area (Å²) in [6, 6.07) is 7.60. The number of allylic oxidation sites excluding steroid dienone is 1. The van der Waals surface area contributed by atoms with Crippen LogP contribution in [0.3, 0.4) is 0 Å². The normalized spacial score (nSPS) is 12.4. The second-order valence-electron chi connectivity index (χ2n) is 5.05. The molecule has 116 valence electrons. The van der Waals surface area contributed by atoms with Crippen LogP contribution in [-0.4, -0.2) is 35.7 Å². The van der Waals surface area contributed by atoms with Gasteiger partial charge in [-0.3, -0.25) is 0 Å². The monoisotopic (exact) mass is 290 g/mol. The molecule has 21 heavy (non-hydrogen) atoms. The summed E-state index contributed by atoms with van der Waals surface area (Å²) in [5.74, 6) is 0. The lowest BCUT2D eigenvalue weighted by Gasteiger charge is -2.24. The van der Waals surface area contributed by atoms with E-state index < -0.39 is 6.10 Å². The van der Waals surface area contributed by atoms with Crippen molar-refractivity contribution in [3.8, 4) is 0 Å². The van der Waals surface area contributed by atoms with E-state index in [2.05, 4.69) is 5.32 Å². The number of likely N-dealkylation sites (N-methyl/N-ethyl adjacent to an activating group) is 1. The summed E-state index contributed by atoms with van der Waals surface area (Å²) in [6.07, 6.45) is 4.13. The highest BCUT2D eigenvalue weighted by molar-refractivity contribution is 5.74. The molecule has 0 bridgehead atoms. The Hall–Kier alpha value is -1.81.